The monoisotopic (exact) mass is 457 g/mol. The van der Waals surface area contributed by atoms with Crippen molar-refractivity contribution in [2.75, 3.05) is 17.4 Å². The number of nitrogens with zero attached hydrogens (tertiary/aromatic N) is 1. The van der Waals surface area contributed by atoms with E-state index in [1.165, 1.54) is 6.92 Å². The zero-order valence-corrected chi connectivity index (χ0v) is 18.0. The highest BCUT2D eigenvalue weighted by Crippen LogP contribution is 2.34. The molecule has 9 heteroatoms. The van der Waals surface area contributed by atoms with Crippen molar-refractivity contribution in [3.63, 3.8) is 0 Å². The summed E-state index contributed by atoms with van der Waals surface area (Å²) in [5, 5.41) is 5.44. The van der Waals surface area contributed by atoms with Gasteiger partial charge in [-0.05, 0) is 43.3 Å². The number of para-hydroxylation sites is 1. The van der Waals surface area contributed by atoms with Crippen LogP contribution in [0.1, 0.15) is 38.0 Å². The van der Waals surface area contributed by atoms with Crippen LogP contribution in [-0.4, -0.2) is 41.4 Å². The van der Waals surface area contributed by atoms with Crippen molar-refractivity contribution in [3.8, 4) is 11.5 Å². The Morgan fingerprint density at radius 1 is 0.853 bits per heavy atom. The number of hydrogen-bond donors (Lipinski definition) is 2. The normalized spacial score (nSPS) is 14.6. The fourth-order valence-corrected chi connectivity index (χ4v) is 3.88. The van der Waals surface area contributed by atoms with Crippen LogP contribution in [-0.2, 0) is 4.79 Å². The second kappa shape index (κ2) is 8.36. The molecule has 1 atom stereocenters. The van der Waals surface area contributed by atoms with Gasteiger partial charge in [0.15, 0.2) is 11.5 Å². The molecule has 3 aromatic rings. The number of anilines is 2. The van der Waals surface area contributed by atoms with Crippen LogP contribution in [0, 0.1) is 0 Å². The number of rotatable bonds is 5. The Balaban J connectivity index is 1.33. The Labute approximate surface area is 194 Å². The molecule has 0 saturated heterocycles. The third-order valence-electron chi connectivity index (χ3n) is 5.65. The number of carbonyl (C=O) groups is 4. The van der Waals surface area contributed by atoms with Gasteiger partial charge in [0.1, 0.15) is 6.04 Å². The predicted octanol–water partition coefficient (Wildman–Crippen LogP) is 3.29. The molecule has 2 aliphatic heterocycles. The van der Waals surface area contributed by atoms with Crippen molar-refractivity contribution in [1.29, 1.82) is 0 Å². The molecule has 5 rings (SSSR count). The minimum Gasteiger partial charge on any atom is -0.454 e. The van der Waals surface area contributed by atoms with Crippen LogP contribution < -0.4 is 20.1 Å². The van der Waals surface area contributed by atoms with Gasteiger partial charge in [-0.1, -0.05) is 24.3 Å². The highest BCUT2D eigenvalue weighted by atomic mass is 16.7. The summed E-state index contributed by atoms with van der Waals surface area (Å²) in [6, 6.07) is 16.8. The summed E-state index contributed by atoms with van der Waals surface area (Å²) in [6.45, 7) is 1.58. The number of nitrogens with one attached hydrogen (secondary N) is 2. The molecule has 0 radical (unpaired) electrons. The van der Waals surface area contributed by atoms with E-state index in [4.69, 9.17) is 9.47 Å². The van der Waals surface area contributed by atoms with Gasteiger partial charge in [0.25, 0.3) is 17.7 Å². The fraction of sp³-hybridized carbons (Fsp3) is 0.120. The molecule has 34 heavy (non-hydrogen) atoms. The number of benzene rings is 3. The molecule has 0 bridgehead atoms. The molecule has 0 fully saturated rings. The Morgan fingerprint density at radius 2 is 1.50 bits per heavy atom. The first-order valence-electron chi connectivity index (χ1n) is 10.5. The van der Waals surface area contributed by atoms with Gasteiger partial charge in [-0.3, -0.25) is 24.1 Å². The second-order valence-electron chi connectivity index (χ2n) is 7.76. The zero-order chi connectivity index (χ0) is 23.8. The number of imide groups is 1. The smallest absolute Gasteiger partial charge is 0.262 e. The SMILES string of the molecule is C[C@@H](C(=O)Nc1ccccc1C(=O)Nc1ccc2c(c1)OCO2)N1C(=O)c2ccccc2C1=O. The van der Waals surface area contributed by atoms with Crippen molar-refractivity contribution < 1.29 is 28.7 Å². The standard InChI is InChI=1S/C25H19N3O6/c1-14(28-24(31)16-6-2-3-7-17(16)25(28)32)22(29)27-19-9-5-4-8-18(19)23(30)26-15-10-11-20-21(12-15)34-13-33-20/h2-12,14H,13H2,1H3,(H,26,30)(H,27,29)/t14-/m0/s1. The van der Waals surface area contributed by atoms with E-state index in [1.807, 2.05) is 0 Å². The van der Waals surface area contributed by atoms with Crippen LogP contribution in [0.5, 0.6) is 11.5 Å². The van der Waals surface area contributed by atoms with Crippen LogP contribution in [0.2, 0.25) is 0 Å². The molecule has 170 valence electrons. The Kier molecular flexibility index (Phi) is 5.21. The van der Waals surface area contributed by atoms with E-state index in [-0.39, 0.29) is 29.2 Å². The summed E-state index contributed by atoms with van der Waals surface area (Å²) in [6.07, 6.45) is 0. The number of fused-ring (bicyclic) bond motifs is 2. The fourth-order valence-electron chi connectivity index (χ4n) is 3.88. The molecule has 2 aliphatic rings. The summed E-state index contributed by atoms with van der Waals surface area (Å²) in [5.74, 6) is -1.00. The third kappa shape index (κ3) is 3.62. The molecular weight excluding hydrogens is 438 g/mol. The van der Waals surface area contributed by atoms with Gasteiger partial charge in [0.2, 0.25) is 12.7 Å². The number of amides is 4. The maximum absolute atomic E-state index is 13.0. The average Bonchev–Trinajstić information content (AvgIpc) is 3.41. The molecular formula is C25H19N3O6. The Bertz CT molecular complexity index is 1320. The molecule has 0 aliphatic carbocycles. The van der Waals surface area contributed by atoms with Gasteiger partial charge in [0.05, 0.1) is 22.4 Å². The van der Waals surface area contributed by atoms with E-state index in [9.17, 15) is 19.2 Å². The van der Waals surface area contributed by atoms with Gasteiger partial charge in [0, 0.05) is 11.8 Å². The summed E-state index contributed by atoms with van der Waals surface area (Å²) in [7, 11) is 0. The van der Waals surface area contributed by atoms with Gasteiger partial charge in [-0.25, -0.2) is 0 Å². The summed E-state index contributed by atoms with van der Waals surface area (Å²) >= 11 is 0. The molecule has 3 aromatic carbocycles. The van der Waals surface area contributed by atoms with Gasteiger partial charge >= 0.3 is 0 Å². The maximum Gasteiger partial charge on any atom is 0.262 e. The lowest BCUT2D eigenvalue weighted by molar-refractivity contribution is -0.119. The lowest BCUT2D eigenvalue weighted by Crippen LogP contribution is -2.45. The molecule has 9 nitrogen and oxygen atoms in total. The van der Waals surface area contributed by atoms with Crippen molar-refractivity contribution in [3.05, 3.63) is 83.4 Å². The van der Waals surface area contributed by atoms with E-state index in [1.54, 1.807) is 66.7 Å². The third-order valence-corrected chi connectivity index (χ3v) is 5.65. The van der Waals surface area contributed by atoms with Gasteiger partial charge in [-0.2, -0.15) is 0 Å². The molecule has 0 aromatic heterocycles. The Hall–Kier alpha value is -4.66. The molecule has 2 heterocycles. The first-order chi connectivity index (χ1) is 16.4. The van der Waals surface area contributed by atoms with E-state index >= 15 is 0 Å². The Morgan fingerprint density at radius 3 is 2.24 bits per heavy atom. The second-order valence-corrected chi connectivity index (χ2v) is 7.76. The van der Waals surface area contributed by atoms with Crippen LogP contribution in [0.3, 0.4) is 0 Å². The molecule has 0 unspecified atom stereocenters. The highest BCUT2D eigenvalue weighted by Gasteiger charge is 2.40. The van der Waals surface area contributed by atoms with Crippen LogP contribution in [0.4, 0.5) is 11.4 Å². The summed E-state index contributed by atoms with van der Waals surface area (Å²) in [5.41, 5.74) is 1.47. The van der Waals surface area contributed by atoms with E-state index in [0.29, 0.717) is 17.2 Å². The van der Waals surface area contributed by atoms with Crippen molar-refractivity contribution in [2.45, 2.75) is 13.0 Å². The molecule has 2 N–H and O–H groups in total. The van der Waals surface area contributed by atoms with E-state index < -0.39 is 29.7 Å². The van der Waals surface area contributed by atoms with Gasteiger partial charge < -0.3 is 20.1 Å². The van der Waals surface area contributed by atoms with Crippen molar-refractivity contribution in [1.82, 2.24) is 4.90 Å². The molecule has 4 amide bonds. The topological polar surface area (TPSA) is 114 Å². The first-order valence-corrected chi connectivity index (χ1v) is 10.5. The lowest BCUT2D eigenvalue weighted by atomic mass is 10.1. The maximum atomic E-state index is 13.0. The largest absolute Gasteiger partial charge is 0.454 e. The van der Waals surface area contributed by atoms with E-state index in [0.717, 1.165) is 4.90 Å². The summed E-state index contributed by atoms with van der Waals surface area (Å²) in [4.78, 5) is 52.3. The predicted molar refractivity (Wildman–Crippen MR) is 122 cm³/mol. The first kappa shape index (κ1) is 21.2. The molecule has 0 saturated carbocycles. The number of ether oxygens (including phenoxy) is 2. The molecule has 0 spiro atoms. The zero-order valence-electron chi connectivity index (χ0n) is 18.0. The number of hydrogen-bond acceptors (Lipinski definition) is 6. The van der Waals surface area contributed by atoms with Gasteiger partial charge in [-0.15, -0.1) is 0 Å². The highest BCUT2D eigenvalue weighted by molar-refractivity contribution is 6.23. The average molecular weight is 457 g/mol. The van der Waals surface area contributed by atoms with Crippen LogP contribution in [0.15, 0.2) is 66.7 Å². The van der Waals surface area contributed by atoms with Crippen molar-refractivity contribution >= 4 is 35.0 Å². The quantitative estimate of drug-likeness (QED) is 0.569. The summed E-state index contributed by atoms with van der Waals surface area (Å²) < 4.78 is 10.6. The minimum absolute atomic E-state index is 0.118. The lowest BCUT2D eigenvalue weighted by Gasteiger charge is -2.22. The van der Waals surface area contributed by atoms with Crippen LogP contribution >= 0.6 is 0 Å². The minimum atomic E-state index is -1.09. The van der Waals surface area contributed by atoms with E-state index in [2.05, 4.69) is 10.6 Å². The van der Waals surface area contributed by atoms with Crippen LogP contribution in [0.25, 0.3) is 0 Å². The van der Waals surface area contributed by atoms with Crippen molar-refractivity contribution in [2.24, 2.45) is 0 Å². The number of carbonyl (C=O) groups excluding carboxylic acids is 4.